The van der Waals surface area contributed by atoms with Crippen LogP contribution in [0.2, 0.25) is 0 Å². The van der Waals surface area contributed by atoms with Crippen molar-refractivity contribution in [2.75, 3.05) is 19.4 Å². The maximum Gasteiger partial charge on any atom is 0.276 e. The van der Waals surface area contributed by atoms with Gasteiger partial charge in [0.25, 0.3) is 17.0 Å². The molecule has 1 aromatic heterocycles. The van der Waals surface area contributed by atoms with Crippen molar-refractivity contribution in [3.63, 3.8) is 0 Å². The van der Waals surface area contributed by atoms with E-state index in [4.69, 9.17) is 9.15 Å². The molecule has 1 aliphatic heterocycles. The zero-order chi connectivity index (χ0) is 20.2. The number of carbonyl (C=O) groups is 2. The van der Waals surface area contributed by atoms with Crippen LogP contribution in [0.5, 0.6) is 5.75 Å². The molecule has 0 fully saturated rings. The lowest BCUT2D eigenvalue weighted by Crippen LogP contribution is -2.30. The van der Waals surface area contributed by atoms with Gasteiger partial charge in [-0.2, -0.15) is 0 Å². The van der Waals surface area contributed by atoms with Crippen LogP contribution in [0.1, 0.15) is 33.6 Å². The van der Waals surface area contributed by atoms with E-state index in [-0.39, 0.29) is 11.8 Å². The number of aromatic nitrogens is 2. The maximum absolute atomic E-state index is 12.3. The average molecular weight is 409 g/mol. The fourth-order valence-electron chi connectivity index (χ4n) is 3.09. The molecule has 2 amide bonds. The van der Waals surface area contributed by atoms with Crippen molar-refractivity contribution in [2.24, 2.45) is 0 Å². The van der Waals surface area contributed by atoms with Gasteiger partial charge in [0.15, 0.2) is 0 Å². The summed E-state index contributed by atoms with van der Waals surface area (Å²) in [4.78, 5) is 26.0. The predicted octanol–water partition coefficient (Wildman–Crippen LogP) is 3.91. The summed E-state index contributed by atoms with van der Waals surface area (Å²) >= 11 is 1.46. The number of methoxy groups -OCH3 is 1. The third-order valence-corrected chi connectivity index (χ3v) is 5.53. The Morgan fingerprint density at radius 1 is 0.966 bits per heavy atom. The smallest absolute Gasteiger partial charge is 0.276 e. The lowest BCUT2D eigenvalue weighted by atomic mass is 10.1. The van der Waals surface area contributed by atoms with Crippen molar-refractivity contribution < 1.29 is 18.7 Å². The number of fused-ring (bicyclic) bond motifs is 1. The van der Waals surface area contributed by atoms with Gasteiger partial charge in [-0.05, 0) is 49.2 Å². The molecule has 29 heavy (non-hydrogen) atoms. The normalized spacial score (nSPS) is 13.1. The van der Waals surface area contributed by atoms with Gasteiger partial charge in [0.05, 0.1) is 18.2 Å². The zero-order valence-electron chi connectivity index (χ0n) is 15.8. The van der Waals surface area contributed by atoms with E-state index in [1.807, 2.05) is 24.3 Å². The largest absolute Gasteiger partial charge is 0.497 e. The molecule has 0 saturated carbocycles. The first-order valence-corrected chi connectivity index (χ1v) is 10.2. The van der Waals surface area contributed by atoms with Gasteiger partial charge in [0.2, 0.25) is 5.89 Å². The SMILES string of the molecule is COc1ccc(-c2nnc(SCCCCN3C(=O)c4ccccc4C3=O)o2)cc1. The molecule has 0 N–H and O–H groups in total. The number of benzene rings is 2. The molecule has 0 spiro atoms. The second-order valence-electron chi connectivity index (χ2n) is 6.46. The van der Waals surface area contributed by atoms with Gasteiger partial charge in [-0.15, -0.1) is 10.2 Å². The van der Waals surface area contributed by atoms with Gasteiger partial charge in [0.1, 0.15) is 5.75 Å². The highest BCUT2D eigenvalue weighted by atomic mass is 32.2. The summed E-state index contributed by atoms with van der Waals surface area (Å²) in [5.41, 5.74) is 1.81. The first kappa shape index (κ1) is 19.2. The number of carbonyl (C=O) groups excluding carboxylic acids is 2. The highest BCUT2D eigenvalue weighted by molar-refractivity contribution is 7.99. The molecule has 7 nitrogen and oxygen atoms in total. The number of thioether (sulfide) groups is 1. The van der Waals surface area contributed by atoms with Gasteiger partial charge in [-0.25, -0.2) is 0 Å². The summed E-state index contributed by atoms with van der Waals surface area (Å²) in [6.07, 6.45) is 1.54. The van der Waals surface area contributed by atoms with Gasteiger partial charge >= 0.3 is 0 Å². The van der Waals surface area contributed by atoms with Crippen LogP contribution in [0.3, 0.4) is 0 Å². The van der Waals surface area contributed by atoms with E-state index < -0.39 is 0 Å². The third-order valence-electron chi connectivity index (χ3n) is 4.62. The summed E-state index contributed by atoms with van der Waals surface area (Å²) in [7, 11) is 1.62. The van der Waals surface area contributed by atoms with Crippen molar-refractivity contribution in [2.45, 2.75) is 18.1 Å². The second-order valence-corrected chi connectivity index (χ2v) is 7.51. The van der Waals surface area contributed by atoms with Crippen LogP contribution in [0.25, 0.3) is 11.5 Å². The molecule has 0 aliphatic carbocycles. The van der Waals surface area contributed by atoms with Crippen LogP contribution in [0.4, 0.5) is 0 Å². The van der Waals surface area contributed by atoms with E-state index in [0.717, 1.165) is 29.9 Å². The summed E-state index contributed by atoms with van der Waals surface area (Å²) in [5.74, 6) is 1.56. The van der Waals surface area contributed by atoms with Crippen LogP contribution in [0.15, 0.2) is 58.2 Å². The number of imide groups is 1. The molecule has 8 heteroatoms. The van der Waals surface area contributed by atoms with E-state index in [0.29, 0.717) is 28.8 Å². The van der Waals surface area contributed by atoms with Crippen molar-refractivity contribution in [3.05, 3.63) is 59.7 Å². The summed E-state index contributed by atoms with van der Waals surface area (Å²) in [6.45, 7) is 0.411. The number of hydrogen-bond acceptors (Lipinski definition) is 7. The van der Waals surface area contributed by atoms with E-state index >= 15 is 0 Å². The molecule has 4 rings (SSSR count). The number of nitrogens with zero attached hydrogens (tertiary/aromatic N) is 3. The highest BCUT2D eigenvalue weighted by Crippen LogP contribution is 2.26. The van der Waals surface area contributed by atoms with Crippen LogP contribution < -0.4 is 4.74 Å². The fraction of sp³-hybridized carbons (Fsp3) is 0.238. The van der Waals surface area contributed by atoms with Crippen molar-refractivity contribution >= 4 is 23.6 Å². The Bertz CT molecular complexity index is 997. The van der Waals surface area contributed by atoms with Gasteiger partial charge < -0.3 is 9.15 Å². The fourth-order valence-corrected chi connectivity index (χ4v) is 3.85. The first-order valence-electron chi connectivity index (χ1n) is 9.23. The van der Waals surface area contributed by atoms with Crippen LogP contribution >= 0.6 is 11.8 Å². The average Bonchev–Trinajstić information content (AvgIpc) is 3.32. The van der Waals surface area contributed by atoms with Crippen LogP contribution in [-0.2, 0) is 0 Å². The molecule has 0 saturated heterocycles. The molecule has 0 radical (unpaired) electrons. The predicted molar refractivity (Wildman–Crippen MR) is 108 cm³/mol. The summed E-state index contributed by atoms with van der Waals surface area (Å²) in [6, 6.07) is 14.3. The van der Waals surface area contributed by atoms with Crippen LogP contribution in [-0.4, -0.2) is 46.3 Å². The molecule has 148 valence electrons. The monoisotopic (exact) mass is 409 g/mol. The van der Waals surface area contributed by atoms with Gasteiger partial charge in [0, 0.05) is 17.9 Å². The Morgan fingerprint density at radius 3 is 2.31 bits per heavy atom. The molecule has 0 bridgehead atoms. The number of unbranched alkanes of at least 4 members (excludes halogenated alkanes) is 1. The maximum atomic E-state index is 12.3. The minimum Gasteiger partial charge on any atom is -0.497 e. The molecule has 3 aromatic rings. The minimum atomic E-state index is -0.209. The molecule has 0 unspecified atom stereocenters. The highest BCUT2D eigenvalue weighted by Gasteiger charge is 2.34. The standard InChI is InChI=1S/C21H19N3O4S/c1-27-15-10-8-14(9-11-15)18-22-23-21(28-18)29-13-5-4-12-24-19(25)16-6-2-3-7-17(16)20(24)26/h2-3,6-11H,4-5,12-13H2,1H3. The Balaban J connectivity index is 1.24. The lowest BCUT2D eigenvalue weighted by molar-refractivity contribution is 0.0652. The van der Waals surface area contributed by atoms with E-state index in [2.05, 4.69) is 10.2 Å². The quantitative estimate of drug-likeness (QED) is 0.317. The van der Waals surface area contributed by atoms with Crippen molar-refractivity contribution in [3.8, 4) is 17.2 Å². The molecular formula is C21H19N3O4S. The minimum absolute atomic E-state index is 0.209. The Morgan fingerprint density at radius 2 is 1.66 bits per heavy atom. The molecule has 0 atom stereocenters. The molecular weight excluding hydrogens is 390 g/mol. The van der Waals surface area contributed by atoms with Gasteiger partial charge in [-0.1, -0.05) is 23.9 Å². The Labute approximate surface area is 172 Å². The summed E-state index contributed by atoms with van der Waals surface area (Å²) < 4.78 is 10.8. The zero-order valence-corrected chi connectivity index (χ0v) is 16.6. The van der Waals surface area contributed by atoms with Crippen LogP contribution in [0, 0.1) is 0 Å². The summed E-state index contributed by atoms with van der Waals surface area (Å²) in [5, 5.41) is 8.63. The van der Waals surface area contributed by atoms with Crippen molar-refractivity contribution in [1.82, 2.24) is 15.1 Å². The lowest BCUT2D eigenvalue weighted by Gasteiger charge is -2.13. The molecule has 2 heterocycles. The third kappa shape index (κ3) is 4.02. The number of amides is 2. The second kappa shape index (κ2) is 8.48. The Kier molecular flexibility index (Phi) is 5.62. The van der Waals surface area contributed by atoms with Gasteiger partial charge in [-0.3, -0.25) is 14.5 Å². The number of ether oxygens (including phenoxy) is 1. The van der Waals surface area contributed by atoms with E-state index in [1.165, 1.54) is 16.7 Å². The van der Waals surface area contributed by atoms with Crippen molar-refractivity contribution in [1.29, 1.82) is 0 Å². The van der Waals surface area contributed by atoms with E-state index in [9.17, 15) is 9.59 Å². The Hall–Kier alpha value is -3.13. The van der Waals surface area contributed by atoms with E-state index in [1.54, 1.807) is 31.4 Å². The number of rotatable bonds is 8. The first-order chi connectivity index (χ1) is 14.2. The molecule has 1 aliphatic rings. The topological polar surface area (TPSA) is 85.5 Å². The number of hydrogen-bond donors (Lipinski definition) is 0. The molecule has 2 aromatic carbocycles.